The fourth-order valence-electron chi connectivity index (χ4n) is 15.1. The molecule has 14 nitrogen and oxygen atoms in total. The third kappa shape index (κ3) is 14.1. The Balaban J connectivity index is 0.779. The normalized spacial score (nSPS) is 33.2. The van der Waals surface area contributed by atoms with Crippen molar-refractivity contribution in [1.29, 1.82) is 0 Å². The number of fused-ring (bicyclic) bond motifs is 6. The third-order valence-corrected chi connectivity index (χ3v) is 19.1. The minimum Gasteiger partial charge on any atom is -0.462 e. The molecular weight excluding hydrogens is 979 g/mol. The maximum absolute atomic E-state index is 13.7. The minimum absolute atomic E-state index is 0.0375. The van der Waals surface area contributed by atoms with Gasteiger partial charge in [-0.25, -0.2) is 0 Å². The van der Waals surface area contributed by atoms with Crippen LogP contribution >= 0.6 is 0 Å². The highest BCUT2D eigenvalue weighted by atomic mass is 16.8. The number of carbonyl (C=O) groups excluding carboxylic acids is 4. The number of hydrogen-bond acceptors (Lipinski definition) is 13. The van der Waals surface area contributed by atoms with Crippen molar-refractivity contribution in [2.75, 3.05) is 40.6 Å². The molecule has 15 atom stereocenters. The summed E-state index contributed by atoms with van der Waals surface area (Å²) in [6.45, 7) is 16.0. The molecule has 426 valence electrons. The largest absolute Gasteiger partial charge is 0.462 e. The smallest absolute Gasteiger partial charge is 0.308 e. The molecule has 8 rings (SSSR count). The number of ketones is 1. The van der Waals surface area contributed by atoms with Gasteiger partial charge in [0.05, 0.1) is 38.7 Å². The Kier molecular flexibility index (Phi) is 20.7. The fraction of sp³-hybridized carbons (Fsp3) is 0.714. The molecule has 5 unspecified atom stereocenters. The molecule has 2 heterocycles. The van der Waals surface area contributed by atoms with Crippen LogP contribution in [0.1, 0.15) is 162 Å². The summed E-state index contributed by atoms with van der Waals surface area (Å²) in [7, 11) is 3.16. The second kappa shape index (κ2) is 27.0. The Hall–Kier alpha value is -4.02. The number of carbonyl (C=O) groups is 4. The SMILES string of the molecule is COC1[C@@H](OC)O[C@@H]2C(COCCOCCCC(=O)C(CC(=O)OCc3ccccc3)NC(=O)CCC(=O)OC3CC[C@@]4(C)C(=CC[C@@]5(C)[C@@H]6CC[C@H]([C@@H](C)CCCC(C)C)[C@@]6(C)CC[C@@H]54)C3)OC(c3ccccc3)O[C@@H]12. The van der Waals surface area contributed by atoms with Gasteiger partial charge in [0.1, 0.15) is 37.1 Å². The molecule has 14 heteroatoms. The van der Waals surface area contributed by atoms with Crippen molar-refractivity contribution in [3.63, 3.8) is 0 Å². The van der Waals surface area contributed by atoms with Gasteiger partial charge in [0.15, 0.2) is 18.4 Å². The summed E-state index contributed by atoms with van der Waals surface area (Å²) >= 11 is 0. The summed E-state index contributed by atoms with van der Waals surface area (Å²) in [5.41, 5.74) is 3.87. The summed E-state index contributed by atoms with van der Waals surface area (Å²) in [4.78, 5) is 53.6. The highest BCUT2D eigenvalue weighted by molar-refractivity contribution is 5.92. The first kappa shape index (κ1) is 59.1. The van der Waals surface area contributed by atoms with E-state index in [-0.39, 0.29) is 81.4 Å². The molecule has 0 bridgehead atoms. The zero-order valence-corrected chi connectivity index (χ0v) is 47.5. The van der Waals surface area contributed by atoms with Gasteiger partial charge in [0, 0.05) is 45.7 Å². The summed E-state index contributed by atoms with van der Waals surface area (Å²) in [6.07, 6.45) is 11.8. The summed E-state index contributed by atoms with van der Waals surface area (Å²) < 4.78 is 53.5. The summed E-state index contributed by atoms with van der Waals surface area (Å²) in [6, 6.07) is 17.8. The first-order valence-corrected chi connectivity index (χ1v) is 29.2. The molecular formula is C63H91NO13. The Bertz CT molecular complexity index is 2280. The van der Waals surface area contributed by atoms with Crippen molar-refractivity contribution in [3.8, 4) is 0 Å². The van der Waals surface area contributed by atoms with Gasteiger partial charge in [0.2, 0.25) is 5.91 Å². The van der Waals surface area contributed by atoms with E-state index in [1.807, 2.05) is 60.7 Å². The van der Waals surface area contributed by atoms with E-state index in [0.29, 0.717) is 17.8 Å². The molecule has 0 spiro atoms. The highest BCUT2D eigenvalue weighted by Crippen LogP contribution is 2.72. The van der Waals surface area contributed by atoms with Gasteiger partial charge in [0.25, 0.3) is 0 Å². The topological polar surface area (TPSA) is 163 Å². The number of benzene rings is 2. The number of hydrogen-bond donors (Lipinski definition) is 1. The van der Waals surface area contributed by atoms with Crippen LogP contribution in [0.3, 0.4) is 0 Å². The van der Waals surface area contributed by atoms with E-state index in [1.165, 1.54) is 50.5 Å². The van der Waals surface area contributed by atoms with Crippen molar-refractivity contribution in [1.82, 2.24) is 5.32 Å². The zero-order valence-electron chi connectivity index (χ0n) is 47.5. The van der Waals surface area contributed by atoms with E-state index in [2.05, 4.69) is 52.9 Å². The van der Waals surface area contributed by atoms with Crippen LogP contribution in [0.4, 0.5) is 0 Å². The van der Waals surface area contributed by atoms with E-state index in [1.54, 1.807) is 14.2 Å². The van der Waals surface area contributed by atoms with E-state index in [0.717, 1.165) is 60.5 Å². The average Bonchev–Trinajstić information content (AvgIpc) is 4.00. The van der Waals surface area contributed by atoms with Gasteiger partial charge in [-0.1, -0.05) is 133 Å². The molecule has 0 aromatic heterocycles. The molecule has 2 aliphatic heterocycles. The van der Waals surface area contributed by atoms with Crippen LogP contribution in [0.5, 0.6) is 0 Å². The first-order valence-electron chi connectivity index (χ1n) is 29.2. The average molecular weight is 1070 g/mol. The van der Waals surface area contributed by atoms with Gasteiger partial charge in [-0.05, 0) is 103 Å². The molecule has 77 heavy (non-hydrogen) atoms. The van der Waals surface area contributed by atoms with Crippen molar-refractivity contribution in [3.05, 3.63) is 83.4 Å². The predicted molar refractivity (Wildman–Crippen MR) is 291 cm³/mol. The third-order valence-electron chi connectivity index (χ3n) is 19.1. The lowest BCUT2D eigenvalue weighted by molar-refractivity contribution is -0.294. The van der Waals surface area contributed by atoms with Crippen molar-refractivity contribution < 1.29 is 61.8 Å². The number of ether oxygens (including phenoxy) is 9. The molecule has 2 aromatic rings. The number of Topliss-reactive ketones (excluding diaryl/α,β-unsaturated/α-hetero) is 1. The van der Waals surface area contributed by atoms with Gasteiger partial charge in [-0.2, -0.15) is 0 Å². The Morgan fingerprint density at radius 3 is 2.22 bits per heavy atom. The van der Waals surface area contributed by atoms with Gasteiger partial charge >= 0.3 is 11.9 Å². The van der Waals surface area contributed by atoms with E-state index in [9.17, 15) is 19.2 Å². The molecule has 2 aromatic carbocycles. The predicted octanol–water partition coefficient (Wildman–Crippen LogP) is 11.0. The minimum atomic E-state index is -1.13. The van der Waals surface area contributed by atoms with Crippen LogP contribution in [0.25, 0.3) is 0 Å². The van der Waals surface area contributed by atoms with Crippen LogP contribution in [0.2, 0.25) is 0 Å². The first-order chi connectivity index (χ1) is 37.1. The molecule has 3 saturated carbocycles. The monoisotopic (exact) mass is 1070 g/mol. The number of methoxy groups -OCH3 is 2. The molecule has 6 aliphatic rings. The second-order valence-corrected chi connectivity index (χ2v) is 24.5. The Labute approximate surface area is 459 Å². The lowest BCUT2D eigenvalue weighted by Gasteiger charge is -2.63. The van der Waals surface area contributed by atoms with Gasteiger partial charge in [-0.3, -0.25) is 19.2 Å². The quantitative estimate of drug-likeness (QED) is 0.0511. The van der Waals surface area contributed by atoms with Gasteiger partial charge in [-0.15, -0.1) is 0 Å². The number of rotatable bonds is 27. The number of allylic oxidation sites excluding steroid dienone is 1. The molecule has 4 aliphatic carbocycles. The lowest BCUT2D eigenvalue weighted by Crippen LogP contribution is -2.56. The molecule has 1 N–H and O–H groups in total. The van der Waals surface area contributed by atoms with Crippen molar-refractivity contribution in [2.24, 2.45) is 45.8 Å². The van der Waals surface area contributed by atoms with Crippen LogP contribution in [-0.4, -0.2) is 107 Å². The Morgan fingerprint density at radius 2 is 1.48 bits per heavy atom. The maximum atomic E-state index is 13.7. The van der Waals surface area contributed by atoms with E-state index >= 15 is 0 Å². The molecule has 1 amide bonds. The standard InChI is InChI=1S/C63H91NO13/c1-41(2)17-15-18-42(3)47-24-25-51-62(47,5)33-30-52-61(4)32-29-46(37-45(61)28-31-63(51,52)6)74-54(67)27-26-53(66)64-48(38-55(68)73-39-43-19-11-9-12-20-43)49(65)23-16-34-71-35-36-72-40-50-56-57(58(69-7)60(70-8)76-56)77-59(75-50)44-21-13-10-14-22-44/h9-14,19-22,28,41-42,46-48,50-52,56-60H,15-18,23-27,29-40H2,1-8H3,(H,64,66)/t42-,46?,47+,48?,50?,51+,52+,56+,57+,58?,59?,60-,61-,62+,63-/m0/s1. The summed E-state index contributed by atoms with van der Waals surface area (Å²) in [5, 5.41) is 2.75. The second-order valence-electron chi connectivity index (χ2n) is 24.5. The highest BCUT2D eigenvalue weighted by Gasteiger charge is 2.64. The summed E-state index contributed by atoms with van der Waals surface area (Å²) in [5.74, 6) is 1.80. The molecule has 5 fully saturated rings. The Morgan fingerprint density at radius 1 is 0.727 bits per heavy atom. The van der Waals surface area contributed by atoms with Crippen LogP contribution in [0, 0.1) is 45.8 Å². The van der Waals surface area contributed by atoms with Crippen LogP contribution in [0.15, 0.2) is 72.3 Å². The lowest BCUT2D eigenvalue weighted by atomic mass is 9.41. The van der Waals surface area contributed by atoms with E-state index < -0.39 is 60.9 Å². The van der Waals surface area contributed by atoms with Crippen molar-refractivity contribution >= 4 is 23.6 Å². The number of nitrogens with one attached hydrogen (secondary N) is 1. The van der Waals surface area contributed by atoms with Crippen LogP contribution < -0.4 is 5.32 Å². The van der Waals surface area contributed by atoms with Gasteiger partial charge < -0.3 is 47.9 Å². The number of esters is 2. The van der Waals surface area contributed by atoms with Crippen molar-refractivity contribution in [2.45, 2.75) is 200 Å². The van der Waals surface area contributed by atoms with Crippen LogP contribution in [-0.2, 0) is 68.4 Å². The molecule has 2 saturated heterocycles. The maximum Gasteiger partial charge on any atom is 0.308 e. The fourth-order valence-corrected chi connectivity index (χ4v) is 15.1. The van der Waals surface area contributed by atoms with E-state index in [4.69, 9.17) is 42.6 Å². The zero-order chi connectivity index (χ0) is 54.7. The number of amides is 1. The molecule has 0 radical (unpaired) electrons.